The zero-order valence-corrected chi connectivity index (χ0v) is 27.8. The molecular formula is C31H47NO13. The molecule has 3 aliphatic heterocycles. The summed E-state index contributed by atoms with van der Waals surface area (Å²) in [4.78, 5) is 63.8. The molecule has 14 nitrogen and oxygen atoms in total. The van der Waals surface area contributed by atoms with Gasteiger partial charge in [-0.2, -0.15) is 0 Å². The van der Waals surface area contributed by atoms with Crippen LogP contribution >= 0.6 is 0 Å². The third-order valence-electron chi connectivity index (χ3n) is 8.91. The van der Waals surface area contributed by atoms with Crippen molar-refractivity contribution in [3.63, 3.8) is 0 Å². The Bertz CT molecular complexity index is 1170. The van der Waals surface area contributed by atoms with Gasteiger partial charge in [0.25, 0.3) is 5.91 Å². The number of hydrogen-bond donors (Lipinski definition) is 0. The van der Waals surface area contributed by atoms with E-state index in [0.29, 0.717) is 0 Å². The van der Waals surface area contributed by atoms with Crippen LogP contribution in [-0.4, -0.2) is 110 Å². The van der Waals surface area contributed by atoms with E-state index in [9.17, 15) is 24.0 Å². The summed E-state index contributed by atoms with van der Waals surface area (Å²) in [5.41, 5.74) is -0.130. The van der Waals surface area contributed by atoms with Crippen LogP contribution in [0, 0.1) is 11.3 Å². The third kappa shape index (κ3) is 7.57. The van der Waals surface area contributed by atoms with Crippen LogP contribution in [-0.2, 0) is 61.9 Å². The summed E-state index contributed by atoms with van der Waals surface area (Å²) in [7, 11) is 2.82. The molecule has 3 fully saturated rings. The van der Waals surface area contributed by atoms with Crippen LogP contribution in [0.3, 0.4) is 0 Å². The van der Waals surface area contributed by atoms with Gasteiger partial charge in [-0.25, -0.2) is 0 Å². The predicted octanol–water partition coefficient (Wildman–Crippen LogP) is 2.06. The van der Waals surface area contributed by atoms with Gasteiger partial charge in [-0.3, -0.25) is 28.9 Å². The van der Waals surface area contributed by atoms with Crippen molar-refractivity contribution in [3.05, 3.63) is 12.2 Å². The van der Waals surface area contributed by atoms with E-state index in [-0.39, 0.29) is 31.5 Å². The molecule has 14 heteroatoms. The van der Waals surface area contributed by atoms with Crippen molar-refractivity contribution in [2.75, 3.05) is 20.8 Å². The molecule has 0 spiro atoms. The molecule has 0 aromatic rings. The molecular weight excluding hydrogens is 594 g/mol. The fourth-order valence-corrected chi connectivity index (χ4v) is 6.41. The van der Waals surface area contributed by atoms with Gasteiger partial charge in [0.2, 0.25) is 11.7 Å². The molecule has 0 N–H and O–H groups in total. The number of hydrogen-bond acceptors (Lipinski definition) is 13. The van der Waals surface area contributed by atoms with E-state index in [1.165, 1.54) is 41.9 Å². The van der Waals surface area contributed by atoms with Crippen molar-refractivity contribution < 1.29 is 61.9 Å². The first-order valence-electron chi connectivity index (χ1n) is 15.0. The molecule has 254 valence electrons. The Balaban J connectivity index is 2.08. The Morgan fingerprint density at radius 2 is 1.67 bits per heavy atom. The minimum Gasteiger partial charge on any atom is -0.462 e. The van der Waals surface area contributed by atoms with E-state index in [1.54, 1.807) is 0 Å². The second kappa shape index (κ2) is 14.2. The molecule has 3 saturated heterocycles. The lowest BCUT2D eigenvalue weighted by atomic mass is 9.72. The van der Waals surface area contributed by atoms with Crippen LogP contribution < -0.4 is 0 Å². The van der Waals surface area contributed by atoms with Gasteiger partial charge in [-0.15, -0.1) is 0 Å². The number of methoxy groups -OCH3 is 2. The van der Waals surface area contributed by atoms with Crippen LogP contribution in [0.15, 0.2) is 12.2 Å². The number of carbonyl (C=O) groups excluding carboxylic acids is 5. The molecule has 0 saturated carbocycles. The Morgan fingerprint density at radius 3 is 2.16 bits per heavy atom. The fraction of sp³-hybridized carbons (Fsp3) is 0.774. The normalized spacial score (nSPS) is 35.5. The lowest BCUT2D eigenvalue weighted by Gasteiger charge is -2.52. The molecule has 0 bridgehead atoms. The van der Waals surface area contributed by atoms with Crippen molar-refractivity contribution in [2.24, 2.45) is 11.3 Å². The van der Waals surface area contributed by atoms with Gasteiger partial charge in [-0.05, 0) is 6.92 Å². The molecule has 45 heavy (non-hydrogen) atoms. The SMILES string of the molecule is C=C1C[C@](OC)([C@@H]2O[C@@H]([C@H]3O[C@H](C[C@H](COC(C)=O)OC(C)=O)C(C)(C)[C@H](OC)[C@H]3OC(C)=O)N(C(C)=O)C2=O)O[C@H](C)[C@@H]1C. The maximum Gasteiger partial charge on any atom is 0.303 e. The fourth-order valence-electron chi connectivity index (χ4n) is 6.41. The van der Waals surface area contributed by atoms with E-state index in [2.05, 4.69) is 6.58 Å². The van der Waals surface area contributed by atoms with Crippen LogP contribution in [0.5, 0.6) is 0 Å². The van der Waals surface area contributed by atoms with Gasteiger partial charge in [0.05, 0.1) is 12.2 Å². The van der Waals surface area contributed by atoms with Crippen LogP contribution in [0.2, 0.25) is 0 Å². The van der Waals surface area contributed by atoms with Gasteiger partial charge < -0.3 is 37.9 Å². The molecule has 2 amide bonds. The highest BCUT2D eigenvalue weighted by atomic mass is 16.7. The van der Waals surface area contributed by atoms with Crippen molar-refractivity contribution in [2.45, 2.75) is 123 Å². The van der Waals surface area contributed by atoms with Gasteiger partial charge in [-0.1, -0.05) is 32.9 Å². The van der Waals surface area contributed by atoms with Gasteiger partial charge >= 0.3 is 17.9 Å². The average Bonchev–Trinajstić information content (AvgIpc) is 3.28. The minimum atomic E-state index is -1.60. The van der Waals surface area contributed by atoms with E-state index >= 15 is 0 Å². The maximum absolute atomic E-state index is 14.0. The first-order chi connectivity index (χ1) is 20.9. The molecule has 0 aromatic heterocycles. The second-order valence-corrected chi connectivity index (χ2v) is 12.5. The highest BCUT2D eigenvalue weighted by molar-refractivity contribution is 5.98. The predicted molar refractivity (Wildman–Crippen MR) is 155 cm³/mol. The maximum atomic E-state index is 14.0. The first kappa shape index (κ1) is 36.6. The largest absolute Gasteiger partial charge is 0.462 e. The molecule has 0 aromatic carbocycles. The number of amides is 2. The summed E-state index contributed by atoms with van der Waals surface area (Å²) >= 11 is 0. The summed E-state index contributed by atoms with van der Waals surface area (Å²) in [5.74, 6) is -4.82. The smallest absolute Gasteiger partial charge is 0.303 e. The van der Waals surface area contributed by atoms with E-state index in [1.807, 2.05) is 27.7 Å². The summed E-state index contributed by atoms with van der Waals surface area (Å²) in [6.07, 6.45) is -8.05. The molecule has 3 heterocycles. The molecule has 0 aliphatic carbocycles. The molecule has 0 unspecified atom stereocenters. The monoisotopic (exact) mass is 641 g/mol. The van der Waals surface area contributed by atoms with E-state index in [4.69, 9.17) is 37.9 Å². The number of rotatable bonds is 10. The summed E-state index contributed by atoms with van der Waals surface area (Å²) in [6, 6.07) is 0. The highest BCUT2D eigenvalue weighted by Gasteiger charge is 2.64. The third-order valence-corrected chi connectivity index (χ3v) is 8.91. The quantitative estimate of drug-likeness (QED) is 0.194. The minimum absolute atomic E-state index is 0.0214. The van der Waals surface area contributed by atoms with Crippen molar-refractivity contribution in [1.29, 1.82) is 0 Å². The van der Waals surface area contributed by atoms with Crippen LogP contribution in [0.4, 0.5) is 0 Å². The summed E-state index contributed by atoms with van der Waals surface area (Å²) in [6.45, 7) is 16.2. The zero-order valence-electron chi connectivity index (χ0n) is 27.8. The molecule has 3 aliphatic rings. The van der Waals surface area contributed by atoms with Crippen molar-refractivity contribution in [3.8, 4) is 0 Å². The van der Waals surface area contributed by atoms with Crippen molar-refractivity contribution >= 4 is 29.7 Å². The average molecular weight is 642 g/mol. The van der Waals surface area contributed by atoms with Crippen molar-refractivity contribution in [1.82, 2.24) is 4.90 Å². The lowest BCUT2D eigenvalue weighted by Crippen LogP contribution is -2.66. The second-order valence-electron chi connectivity index (χ2n) is 12.5. The number of imide groups is 1. The summed E-state index contributed by atoms with van der Waals surface area (Å²) in [5, 5.41) is 0. The standard InChI is InChI=1S/C31H47NO13/c1-15-13-31(39-11,45-17(3)16(15)2)27-28(37)32(18(4)33)29(44-27)25-24(42-21(7)36)26(38-10)30(8,9)23(43-25)12-22(41-20(6)35)14-40-19(5)34/h16-17,22-27,29H,1,12-14H2,2-11H3/t16-,17-,22-,23-,24+,25+,26-,27-,29+,31-/m1/s1. The number of esters is 3. The van der Waals surface area contributed by atoms with Crippen LogP contribution in [0.25, 0.3) is 0 Å². The van der Waals surface area contributed by atoms with Gasteiger partial charge in [0, 0.05) is 66.1 Å². The zero-order chi connectivity index (χ0) is 34.0. The van der Waals surface area contributed by atoms with E-state index < -0.39 is 83.8 Å². The van der Waals surface area contributed by atoms with Gasteiger partial charge in [0.1, 0.15) is 24.9 Å². The first-order valence-corrected chi connectivity index (χ1v) is 15.0. The topological polar surface area (TPSA) is 162 Å². The summed E-state index contributed by atoms with van der Waals surface area (Å²) < 4.78 is 47.2. The number of carbonyl (C=O) groups is 5. The molecule has 10 atom stereocenters. The Labute approximate surface area is 263 Å². The number of nitrogens with zero attached hydrogens (tertiary/aromatic N) is 1. The molecule has 3 rings (SSSR count). The highest BCUT2D eigenvalue weighted by Crippen LogP contribution is 2.47. The molecule has 0 radical (unpaired) electrons. The van der Waals surface area contributed by atoms with Gasteiger partial charge in [0.15, 0.2) is 18.4 Å². The van der Waals surface area contributed by atoms with Crippen LogP contribution in [0.1, 0.15) is 68.2 Å². The lowest BCUT2D eigenvalue weighted by molar-refractivity contribution is -0.317. The Hall–Kier alpha value is -2.91. The van der Waals surface area contributed by atoms with E-state index in [0.717, 1.165) is 10.5 Å². The Kier molecular flexibility index (Phi) is 11.6. The number of ether oxygens (including phenoxy) is 8. The Morgan fingerprint density at radius 1 is 1.02 bits per heavy atom.